The Kier molecular flexibility index (Phi) is 8.01. The highest BCUT2D eigenvalue weighted by molar-refractivity contribution is 6.04. The quantitative estimate of drug-likeness (QED) is 0.148. The molecule has 1 aliphatic carbocycles. The van der Waals surface area contributed by atoms with Gasteiger partial charge in [-0.2, -0.15) is 5.10 Å². The Labute approximate surface area is 317 Å². The highest BCUT2D eigenvalue weighted by Gasteiger charge is 2.35. The van der Waals surface area contributed by atoms with Crippen molar-refractivity contribution in [2.45, 2.75) is 26.2 Å². The van der Waals surface area contributed by atoms with E-state index >= 15 is 0 Å². The predicted octanol–water partition coefficient (Wildman–Crippen LogP) is 13.7. The van der Waals surface area contributed by atoms with E-state index in [1.54, 1.807) is 0 Å². The number of hydrogen-bond acceptors (Lipinski definition) is 2. The molecule has 0 fully saturated rings. The summed E-state index contributed by atoms with van der Waals surface area (Å²) in [5.74, 6) is 0. The third kappa shape index (κ3) is 5.31. The van der Waals surface area contributed by atoms with E-state index in [4.69, 9.17) is 5.10 Å². The van der Waals surface area contributed by atoms with Gasteiger partial charge in [0.1, 0.15) is 0 Å². The smallest absolute Gasteiger partial charge is 0.0963 e. The molecule has 0 atom stereocenters. The van der Waals surface area contributed by atoms with Gasteiger partial charge >= 0.3 is 0 Å². The molecule has 0 radical (unpaired) electrons. The van der Waals surface area contributed by atoms with Crippen molar-refractivity contribution in [3.63, 3.8) is 0 Å². The maximum atomic E-state index is 5.27. The van der Waals surface area contributed by atoms with Gasteiger partial charge in [-0.25, -0.2) is 4.52 Å². The van der Waals surface area contributed by atoms with Crippen LogP contribution in [0.1, 0.15) is 36.2 Å². The lowest BCUT2D eigenvalue weighted by Gasteiger charge is -2.28. The fraction of sp³-hybridized carbons (Fsp3) is 0.0784. The largest absolute Gasteiger partial charge is 0.310 e. The van der Waals surface area contributed by atoms with Gasteiger partial charge in [-0.15, -0.1) is 0 Å². The van der Waals surface area contributed by atoms with E-state index in [2.05, 4.69) is 189 Å². The zero-order valence-corrected chi connectivity index (χ0v) is 30.9. The van der Waals surface area contributed by atoms with Crippen molar-refractivity contribution in [3.05, 3.63) is 205 Å². The predicted molar refractivity (Wildman–Crippen MR) is 229 cm³/mol. The van der Waals surface area contributed by atoms with Crippen LogP contribution in [0.5, 0.6) is 0 Å². The molecule has 54 heavy (non-hydrogen) atoms. The van der Waals surface area contributed by atoms with Crippen molar-refractivity contribution >= 4 is 38.9 Å². The summed E-state index contributed by atoms with van der Waals surface area (Å²) in [6, 6.07) is 54.8. The Hall–Kier alpha value is -6.71. The van der Waals surface area contributed by atoms with Gasteiger partial charge in [0.25, 0.3) is 0 Å². The molecule has 8 aromatic rings. The fourth-order valence-electron chi connectivity index (χ4n) is 8.38. The number of allylic oxidation sites excluding steroid dienone is 4. The van der Waals surface area contributed by atoms with Crippen LogP contribution in [0.15, 0.2) is 183 Å². The second-order valence-electron chi connectivity index (χ2n) is 14.6. The minimum absolute atomic E-state index is 0.124. The zero-order chi connectivity index (χ0) is 37.0. The zero-order valence-electron chi connectivity index (χ0n) is 30.9. The van der Waals surface area contributed by atoms with Crippen molar-refractivity contribution in [2.24, 2.45) is 0 Å². The second kappa shape index (κ2) is 13.1. The standard InChI is InChI=1S/C51H41N3/c1-6-16-35(7-2)48-31-39-25-28-41(32-45(39)50-34(3)49(52-54(48)50)38-19-12-9-13-20-38)53(40-26-23-37(24-27-40)36-17-10-8-11-18-36)42-29-30-44-43-21-14-15-22-46(43)51(4,5)47(44)33-42/h6-33H,1-2H2,3-5H3/b35-16+. The summed E-state index contributed by atoms with van der Waals surface area (Å²) in [6.07, 6.45) is 5.68. The SMILES string of the molecule is C=C/C=C(\C=C)c1cc2ccc(N(c3ccc(-c4ccccc4)cc3)c3ccc4c(c3)C(C)(C)c3ccccc3-4)cc2c2c(C)c(-c3ccccc3)nn12. The van der Waals surface area contributed by atoms with Crippen LogP contribution in [0.25, 0.3) is 55.4 Å². The molecule has 0 spiro atoms. The summed E-state index contributed by atoms with van der Waals surface area (Å²) < 4.78 is 2.09. The molecule has 0 saturated carbocycles. The highest BCUT2D eigenvalue weighted by Crippen LogP contribution is 2.51. The Balaban J connectivity index is 1.28. The number of fused-ring (bicyclic) bond motifs is 6. The van der Waals surface area contributed by atoms with Gasteiger partial charge in [0, 0.05) is 39.0 Å². The number of rotatable bonds is 8. The lowest BCUT2D eigenvalue weighted by Crippen LogP contribution is -2.16. The molecule has 3 heteroatoms. The molecule has 3 nitrogen and oxygen atoms in total. The molecular weight excluding hydrogens is 655 g/mol. The number of hydrogen-bond donors (Lipinski definition) is 0. The molecule has 0 aliphatic heterocycles. The second-order valence-corrected chi connectivity index (χ2v) is 14.6. The lowest BCUT2D eigenvalue weighted by atomic mass is 9.82. The summed E-state index contributed by atoms with van der Waals surface area (Å²) in [6.45, 7) is 15.0. The first-order valence-corrected chi connectivity index (χ1v) is 18.5. The van der Waals surface area contributed by atoms with E-state index in [9.17, 15) is 0 Å². The van der Waals surface area contributed by atoms with Crippen molar-refractivity contribution < 1.29 is 0 Å². The molecule has 0 unspecified atom stereocenters. The molecule has 9 rings (SSSR count). The van der Waals surface area contributed by atoms with E-state index in [-0.39, 0.29) is 5.41 Å². The number of aromatic nitrogens is 2. The number of anilines is 3. The fourth-order valence-corrected chi connectivity index (χ4v) is 8.38. The average Bonchev–Trinajstić information content (AvgIpc) is 3.68. The lowest BCUT2D eigenvalue weighted by molar-refractivity contribution is 0.660. The van der Waals surface area contributed by atoms with E-state index in [0.29, 0.717) is 0 Å². The number of benzene rings is 6. The third-order valence-electron chi connectivity index (χ3n) is 11.1. The number of aryl methyl sites for hydroxylation is 1. The molecule has 6 aromatic carbocycles. The van der Waals surface area contributed by atoms with Gasteiger partial charge in [0.15, 0.2) is 0 Å². The normalized spacial score (nSPS) is 13.1. The number of nitrogens with zero attached hydrogens (tertiary/aromatic N) is 3. The van der Waals surface area contributed by atoms with E-state index in [1.807, 2.05) is 24.3 Å². The Morgan fingerprint density at radius 1 is 0.630 bits per heavy atom. The van der Waals surface area contributed by atoms with Crippen molar-refractivity contribution in [3.8, 4) is 33.5 Å². The monoisotopic (exact) mass is 695 g/mol. The first kappa shape index (κ1) is 33.1. The van der Waals surface area contributed by atoms with Gasteiger partial charge in [0.05, 0.1) is 16.9 Å². The Bertz CT molecular complexity index is 2770. The average molecular weight is 696 g/mol. The first-order chi connectivity index (χ1) is 26.4. The highest BCUT2D eigenvalue weighted by atomic mass is 15.2. The summed E-state index contributed by atoms with van der Waals surface area (Å²) in [7, 11) is 0. The van der Waals surface area contributed by atoms with E-state index in [0.717, 1.165) is 61.4 Å². The molecule has 0 saturated heterocycles. The summed E-state index contributed by atoms with van der Waals surface area (Å²) in [5.41, 5.74) is 17.1. The van der Waals surface area contributed by atoms with E-state index in [1.165, 1.54) is 33.4 Å². The topological polar surface area (TPSA) is 20.5 Å². The molecule has 260 valence electrons. The van der Waals surface area contributed by atoms with Crippen LogP contribution in [0, 0.1) is 6.92 Å². The van der Waals surface area contributed by atoms with Crippen molar-refractivity contribution in [2.75, 3.05) is 4.90 Å². The maximum absolute atomic E-state index is 5.27. The van der Waals surface area contributed by atoms with Crippen LogP contribution in [0.3, 0.4) is 0 Å². The number of pyridine rings is 1. The van der Waals surface area contributed by atoms with Gasteiger partial charge < -0.3 is 4.90 Å². The molecule has 1 aliphatic rings. The summed E-state index contributed by atoms with van der Waals surface area (Å²) >= 11 is 0. The molecular formula is C51H41N3. The van der Waals surface area contributed by atoms with Gasteiger partial charge in [0.2, 0.25) is 0 Å². The molecule has 2 aromatic heterocycles. The van der Waals surface area contributed by atoms with Crippen molar-refractivity contribution in [1.82, 2.24) is 9.61 Å². The van der Waals surface area contributed by atoms with Crippen molar-refractivity contribution in [1.29, 1.82) is 0 Å². The van der Waals surface area contributed by atoms with Crippen LogP contribution >= 0.6 is 0 Å². The Morgan fingerprint density at radius 2 is 1.24 bits per heavy atom. The third-order valence-corrected chi connectivity index (χ3v) is 11.1. The minimum Gasteiger partial charge on any atom is -0.310 e. The van der Waals surface area contributed by atoms with E-state index < -0.39 is 0 Å². The van der Waals surface area contributed by atoms with Gasteiger partial charge in [-0.05, 0) is 93.7 Å². The maximum Gasteiger partial charge on any atom is 0.0963 e. The molecule has 0 N–H and O–H groups in total. The minimum atomic E-state index is -0.124. The Morgan fingerprint density at radius 3 is 1.96 bits per heavy atom. The summed E-state index contributed by atoms with van der Waals surface area (Å²) in [4.78, 5) is 2.40. The molecule has 0 bridgehead atoms. The van der Waals surface area contributed by atoms with Crippen LogP contribution in [0.4, 0.5) is 17.1 Å². The first-order valence-electron chi connectivity index (χ1n) is 18.5. The summed E-state index contributed by atoms with van der Waals surface area (Å²) in [5, 5.41) is 7.53. The van der Waals surface area contributed by atoms with Crippen LogP contribution < -0.4 is 4.90 Å². The molecule has 2 heterocycles. The van der Waals surface area contributed by atoms with Crippen LogP contribution in [-0.4, -0.2) is 9.61 Å². The van der Waals surface area contributed by atoms with Gasteiger partial charge in [-0.1, -0.05) is 154 Å². The molecule has 0 amide bonds. The van der Waals surface area contributed by atoms with Gasteiger partial charge in [-0.3, -0.25) is 0 Å². The van der Waals surface area contributed by atoms with Crippen LogP contribution in [0.2, 0.25) is 0 Å². The van der Waals surface area contributed by atoms with Crippen LogP contribution in [-0.2, 0) is 5.41 Å².